The smallest absolute Gasteiger partial charge is 0.326 e. The number of primary amides is 1. The van der Waals surface area contributed by atoms with E-state index < -0.39 is 47.7 Å². The molecule has 2 unspecified atom stereocenters. The number of aliphatic hydroxyl groups is 1. The van der Waals surface area contributed by atoms with E-state index in [4.69, 9.17) is 29.8 Å². The fraction of sp³-hybridized carbons (Fsp3) is 0.806. The monoisotopic (exact) mass is 791 g/mol. The summed E-state index contributed by atoms with van der Waals surface area (Å²) in [6, 6.07) is -2.68. The summed E-state index contributed by atoms with van der Waals surface area (Å²) in [6.07, 6.45) is 10.5. The van der Waals surface area contributed by atoms with E-state index in [0.29, 0.717) is 6.42 Å². The fourth-order valence-corrected chi connectivity index (χ4v) is 5.03. The van der Waals surface area contributed by atoms with Crippen LogP contribution in [-0.4, -0.2) is 141 Å². The van der Waals surface area contributed by atoms with Gasteiger partial charge in [0, 0.05) is 39.0 Å². The number of ether oxygens (including phenoxy) is 4. The van der Waals surface area contributed by atoms with Crippen molar-refractivity contribution in [2.45, 2.75) is 115 Å². The summed E-state index contributed by atoms with van der Waals surface area (Å²) >= 11 is 0. The van der Waals surface area contributed by atoms with Crippen LogP contribution in [-0.2, 0) is 52.5 Å². The van der Waals surface area contributed by atoms with Crippen LogP contribution in [0.5, 0.6) is 0 Å². The van der Waals surface area contributed by atoms with E-state index >= 15 is 0 Å². The van der Waals surface area contributed by atoms with E-state index in [1.165, 1.54) is 12.8 Å². The van der Waals surface area contributed by atoms with Gasteiger partial charge in [-0.3, -0.25) is 24.0 Å². The zero-order chi connectivity index (χ0) is 40.9. The lowest BCUT2D eigenvalue weighted by atomic mass is 10.0. The Bertz CT molecular complexity index is 1100. The highest BCUT2D eigenvalue weighted by atomic mass is 16.5. The number of carboxylic acid groups (broad SMARTS) is 2. The highest BCUT2D eigenvalue weighted by molar-refractivity contribution is 5.86. The van der Waals surface area contributed by atoms with Gasteiger partial charge < -0.3 is 61.3 Å². The zero-order valence-electron chi connectivity index (χ0n) is 32.2. The van der Waals surface area contributed by atoms with Gasteiger partial charge in [-0.15, -0.1) is 0 Å². The van der Waals surface area contributed by atoms with Gasteiger partial charge in [0.05, 0.1) is 39.6 Å². The van der Waals surface area contributed by atoms with Crippen LogP contribution >= 0.6 is 0 Å². The van der Waals surface area contributed by atoms with Crippen molar-refractivity contribution in [1.82, 2.24) is 21.3 Å². The Kier molecular flexibility index (Phi) is 33.2. The molecule has 0 saturated carbocycles. The Balaban J connectivity index is 4.03. The maximum atomic E-state index is 12.4. The van der Waals surface area contributed by atoms with Gasteiger partial charge in [0.2, 0.25) is 29.5 Å². The summed E-state index contributed by atoms with van der Waals surface area (Å²) in [4.78, 5) is 82.5. The van der Waals surface area contributed by atoms with Crippen molar-refractivity contribution in [2.24, 2.45) is 5.73 Å². The number of carboxylic acids is 2. The number of unbranched alkanes of at least 4 members (excludes halogenated alkanes) is 10. The van der Waals surface area contributed by atoms with E-state index in [1.54, 1.807) is 0 Å². The minimum atomic E-state index is -1.37. The molecule has 19 nitrogen and oxygen atoms in total. The van der Waals surface area contributed by atoms with Crippen LogP contribution in [0.1, 0.15) is 103 Å². The molecule has 0 rings (SSSR count). The quantitative estimate of drug-likeness (QED) is 0.0385. The molecule has 0 aromatic rings. The van der Waals surface area contributed by atoms with Gasteiger partial charge in [-0.2, -0.15) is 0 Å². The van der Waals surface area contributed by atoms with Gasteiger partial charge in [0.25, 0.3) is 0 Å². The van der Waals surface area contributed by atoms with E-state index in [2.05, 4.69) is 21.3 Å². The third-order valence-electron chi connectivity index (χ3n) is 8.01. The minimum absolute atomic E-state index is 0.129. The van der Waals surface area contributed by atoms with Crippen molar-refractivity contribution in [3.05, 3.63) is 0 Å². The number of carbonyl (C=O) groups excluding carboxylic acids is 5. The number of nitrogens with two attached hydrogens (primary N) is 1. The number of hydrogen-bond acceptors (Lipinski definition) is 12. The van der Waals surface area contributed by atoms with Crippen molar-refractivity contribution in [2.75, 3.05) is 72.6 Å². The van der Waals surface area contributed by atoms with Crippen molar-refractivity contribution in [1.29, 1.82) is 0 Å². The first-order chi connectivity index (χ1) is 26.5. The number of nitrogens with one attached hydrogen (secondary N) is 4. The first-order valence-corrected chi connectivity index (χ1v) is 19.2. The molecule has 0 radical (unpaired) electrons. The molecule has 0 saturated heterocycles. The predicted molar refractivity (Wildman–Crippen MR) is 199 cm³/mol. The van der Waals surface area contributed by atoms with Crippen molar-refractivity contribution in [3.63, 3.8) is 0 Å². The minimum Gasteiger partial charge on any atom is -0.480 e. The third kappa shape index (κ3) is 34.3. The maximum absolute atomic E-state index is 12.4. The van der Waals surface area contributed by atoms with Gasteiger partial charge >= 0.3 is 11.9 Å². The van der Waals surface area contributed by atoms with Crippen molar-refractivity contribution in [3.8, 4) is 0 Å². The summed E-state index contributed by atoms with van der Waals surface area (Å²) in [6.45, 7) is 1.40. The summed E-state index contributed by atoms with van der Waals surface area (Å²) < 4.78 is 20.7. The molecule has 55 heavy (non-hydrogen) atoms. The second kappa shape index (κ2) is 35.8. The standard InChI is InChI=1S/C36H65N5O14/c37-30(43)26-54-24-22-53-21-18-39-34(47)27-55-25-23-52-20-17-38-31(44)15-13-28(35(48)49)41-33(46)16-14-29(36(50)51)40-32(45)12-10-8-6-4-2-1-3-5-7-9-11-19-42/h28-29,42H,1-27H2,(H2,37,43)(H,38,44)(H,39,47)(H,40,45)(H,41,46)(H,48,49)(H,50,51). The maximum Gasteiger partial charge on any atom is 0.326 e. The molecule has 5 amide bonds. The van der Waals surface area contributed by atoms with E-state index in [9.17, 15) is 43.8 Å². The largest absolute Gasteiger partial charge is 0.480 e. The lowest BCUT2D eigenvalue weighted by Crippen LogP contribution is -2.44. The SMILES string of the molecule is NC(=O)COCCOCCNC(=O)COCCOCCNC(=O)CCC(NC(=O)CCC(NC(=O)CCCCCCCCCCCCCO)C(=O)O)C(=O)O. The number of rotatable bonds is 39. The molecular formula is C36H65N5O14. The van der Waals surface area contributed by atoms with Crippen LogP contribution < -0.4 is 27.0 Å². The lowest BCUT2D eigenvalue weighted by Gasteiger charge is -2.17. The molecule has 318 valence electrons. The van der Waals surface area contributed by atoms with Gasteiger partial charge in [-0.1, -0.05) is 57.8 Å². The van der Waals surface area contributed by atoms with Crippen molar-refractivity contribution >= 4 is 41.5 Å². The normalized spacial score (nSPS) is 12.0. The molecular weight excluding hydrogens is 726 g/mol. The summed E-state index contributed by atoms with van der Waals surface area (Å²) in [5.74, 6) is -5.18. The van der Waals surface area contributed by atoms with Crippen LogP contribution in [0.15, 0.2) is 0 Å². The molecule has 19 heteroatoms. The summed E-state index contributed by atoms with van der Waals surface area (Å²) in [5.41, 5.74) is 4.93. The Labute approximate surface area is 323 Å². The highest BCUT2D eigenvalue weighted by Gasteiger charge is 2.24. The van der Waals surface area contributed by atoms with Crippen LogP contribution in [0.4, 0.5) is 0 Å². The third-order valence-corrected chi connectivity index (χ3v) is 8.01. The molecule has 9 N–H and O–H groups in total. The fourth-order valence-electron chi connectivity index (χ4n) is 5.03. The number of aliphatic hydroxyl groups excluding tert-OH is 1. The van der Waals surface area contributed by atoms with E-state index in [0.717, 1.165) is 51.4 Å². The van der Waals surface area contributed by atoms with Crippen LogP contribution in [0.3, 0.4) is 0 Å². The average molecular weight is 792 g/mol. The lowest BCUT2D eigenvalue weighted by molar-refractivity contribution is -0.143. The second-order valence-electron chi connectivity index (χ2n) is 12.9. The second-order valence-corrected chi connectivity index (χ2v) is 12.9. The molecule has 0 aromatic carbocycles. The Hall–Kier alpha value is -3.91. The molecule has 0 spiro atoms. The molecule has 0 aromatic heterocycles. The number of hydrogen-bond donors (Lipinski definition) is 8. The molecule has 0 aliphatic rings. The molecule has 0 heterocycles. The average Bonchev–Trinajstić information content (AvgIpc) is 3.13. The predicted octanol–water partition coefficient (Wildman–Crippen LogP) is 0.143. The van der Waals surface area contributed by atoms with Crippen LogP contribution in [0.25, 0.3) is 0 Å². The Morgan fingerprint density at radius 3 is 1.35 bits per heavy atom. The molecule has 2 atom stereocenters. The summed E-state index contributed by atoms with van der Waals surface area (Å²) in [7, 11) is 0. The molecule has 0 bridgehead atoms. The van der Waals surface area contributed by atoms with Gasteiger partial charge in [0.1, 0.15) is 25.3 Å². The number of amides is 5. The Morgan fingerprint density at radius 1 is 0.473 bits per heavy atom. The van der Waals surface area contributed by atoms with E-state index in [-0.39, 0.29) is 111 Å². The van der Waals surface area contributed by atoms with Crippen LogP contribution in [0, 0.1) is 0 Å². The highest BCUT2D eigenvalue weighted by Crippen LogP contribution is 2.12. The Morgan fingerprint density at radius 2 is 0.873 bits per heavy atom. The molecule has 0 aliphatic carbocycles. The number of aliphatic carboxylic acids is 2. The van der Waals surface area contributed by atoms with Gasteiger partial charge in [-0.05, 0) is 25.7 Å². The molecule has 0 fully saturated rings. The van der Waals surface area contributed by atoms with E-state index in [1.807, 2.05) is 0 Å². The topological polar surface area (TPSA) is 291 Å². The first-order valence-electron chi connectivity index (χ1n) is 19.2. The summed E-state index contributed by atoms with van der Waals surface area (Å²) in [5, 5.41) is 37.7. The molecule has 0 aliphatic heterocycles. The van der Waals surface area contributed by atoms with Gasteiger partial charge in [0.15, 0.2) is 0 Å². The van der Waals surface area contributed by atoms with Crippen molar-refractivity contribution < 1.29 is 67.8 Å². The number of carbonyl (C=O) groups is 7. The first kappa shape index (κ1) is 51.1. The zero-order valence-corrected chi connectivity index (χ0v) is 32.2. The van der Waals surface area contributed by atoms with Gasteiger partial charge in [-0.25, -0.2) is 9.59 Å². The van der Waals surface area contributed by atoms with Crippen LogP contribution in [0.2, 0.25) is 0 Å².